The molecule has 0 unspecified atom stereocenters. The highest BCUT2D eigenvalue weighted by Crippen LogP contribution is 2.27. The molecule has 0 atom stereocenters. The molecule has 0 aliphatic carbocycles. The van der Waals surface area contributed by atoms with Crippen molar-refractivity contribution in [2.75, 3.05) is 26.8 Å². The molecule has 5 nitrogen and oxygen atoms in total. The predicted molar refractivity (Wildman–Crippen MR) is 113 cm³/mol. The van der Waals surface area contributed by atoms with E-state index in [4.69, 9.17) is 9.47 Å². The lowest BCUT2D eigenvalue weighted by Crippen LogP contribution is -2.38. The molecule has 2 N–H and O–H groups in total. The van der Waals surface area contributed by atoms with Gasteiger partial charge in [0, 0.05) is 32.3 Å². The number of rotatable bonds is 8. The van der Waals surface area contributed by atoms with Crippen LogP contribution in [-0.2, 0) is 11.3 Å². The van der Waals surface area contributed by atoms with Gasteiger partial charge in [-0.3, -0.25) is 4.99 Å². The number of hydrogen-bond donors (Lipinski definition) is 2. The third-order valence-electron chi connectivity index (χ3n) is 3.44. The van der Waals surface area contributed by atoms with Crippen LogP contribution >= 0.6 is 24.0 Å². The van der Waals surface area contributed by atoms with Crippen LogP contribution in [0.5, 0.6) is 11.5 Å². The maximum atomic E-state index is 13.8. The van der Waals surface area contributed by atoms with Crippen LogP contribution in [0.25, 0.3) is 0 Å². The number of guanidine groups is 1. The molecule has 0 aliphatic heterocycles. The number of ether oxygens (including phenoxy) is 2. The van der Waals surface area contributed by atoms with E-state index < -0.39 is 5.82 Å². The largest absolute Gasteiger partial charge is 0.454 e. The molecule has 0 radical (unpaired) electrons. The second-order valence-corrected chi connectivity index (χ2v) is 5.19. The Morgan fingerprint density at radius 2 is 1.73 bits per heavy atom. The minimum absolute atomic E-state index is 0. The van der Waals surface area contributed by atoms with E-state index in [0.29, 0.717) is 38.0 Å². The lowest BCUT2D eigenvalue weighted by Gasteiger charge is -2.15. The quantitative estimate of drug-likeness (QED) is 0.264. The van der Waals surface area contributed by atoms with Gasteiger partial charge in [-0.1, -0.05) is 30.3 Å². The van der Waals surface area contributed by atoms with Crippen LogP contribution in [-0.4, -0.2) is 32.8 Å². The summed E-state index contributed by atoms with van der Waals surface area (Å²) in [7, 11) is 1.71. The van der Waals surface area contributed by atoms with Gasteiger partial charge in [0.2, 0.25) is 0 Å². The van der Waals surface area contributed by atoms with Gasteiger partial charge in [0.15, 0.2) is 17.5 Å². The topological polar surface area (TPSA) is 54.9 Å². The van der Waals surface area contributed by atoms with Crippen LogP contribution in [0, 0.1) is 5.82 Å². The van der Waals surface area contributed by atoms with Gasteiger partial charge in [-0.05, 0) is 25.1 Å². The Balaban J connectivity index is 0.00000338. The van der Waals surface area contributed by atoms with Gasteiger partial charge in [0.05, 0.1) is 6.61 Å². The number of hydrogen-bond acceptors (Lipinski definition) is 3. The molecule has 2 aromatic rings. The van der Waals surface area contributed by atoms with Crippen LogP contribution < -0.4 is 15.4 Å². The monoisotopic (exact) mass is 473 g/mol. The number of aliphatic imine (C=N–C) groups is 1. The highest BCUT2D eigenvalue weighted by Gasteiger charge is 2.08. The Labute approximate surface area is 171 Å². The molecule has 0 saturated heterocycles. The van der Waals surface area contributed by atoms with Crippen molar-refractivity contribution in [1.29, 1.82) is 0 Å². The second kappa shape index (κ2) is 12.5. The Hall–Kier alpha value is -1.87. The maximum Gasteiger partial charge on any atom is 0.191 e. The molecule has 26 heavy (non-hydrogen) atoms. The summed E-state index contributed by atoms with van der Waals surface area (Å²) >= 11 is 0. The van der Waals surface area contributed by atoms with Gasteiger partial charge in [-0.15, -0.1) is 24.0 Å². The van der Waals surface area contributed by atoms with Crippen molar-refractivity contribution in [1.82, 2.24) is 10.6 Å². The first-order valence-electron chi connectivity index (χ1n) is 8.27. The Bertz CT molecular complexity index is 698. The zero-order chi connectivity index (χ0) is 17.9. The molecule has 7 heteroatoms. The number of halogens is 2. The first kappa shape index (κ1) is 22.2. The van der Waals surface area contributed by atoms with Crippen molar-refractivity contribution in [3.05, 3.63) is 59.9 Å². The van der Waals surface area contributed by atoms with Crippen molar-refractivity contribution in [3.63, 3.8) is 0 Å². The average molecular weight is 473 g/mol. The molecule has 0 fully saturated rings. The van der Waals surface area contributed by atoms with Crippen LogP contribution in [0.1, 0.15) is 12.5 Å². The van der Waals surface area contributed by atoms with Crippen LogP contribution in [0.2, 0.25) is 0 Å². The molecular weight excluding hydrogens is 448 g/mol. The SMILES string of the molecule is CCOCCNC(=NC)NCc1ccccc1Oc1ccccc1F.I. The van der Waals surface area contributed by atoms with E-state index in [2.05, 4.69) is 15.6 Å². The van der Waals surface area contributed by atoms with Gasteiger partial charge < -0.3 is 20.1 Å². The molecule has 0 amide bonds. The van der Waals surface area contributed by atoms with Crippen molar-refractivity contribution in [2.24, 2.45) is 4.99 Å². The van der Waals surface area contributed by atoms with Gasteiger partial charge >= 0.3 is 0 Å². The maximum absolute atomic E-state index is 13.8. The van der Waals surface area contributed by atoms with E-state index in [-0.39, 0.29) is 29.7 Å². The second-order valence-electron chi connectivity index (χ2n) is 5.19. The summed E-state index contributed by atoms with van der Waals surface area (Å²) in [6.45, 7) is 4.43. The average Bonchev–Trinajstić information content (AvgIpc) is 2.64. The van der Waals surface area contributed by atoms with Gasteiger partial charge in [0.1, 0.15) is 5.75 Å². The smallest absolute Gasteiger partial charge is 0.191 e. The van der Waals surface area contributed by atoms with Crippen LogP contribution in [0.15, 0.2) is 53.5 Å². The fourth-order valence-corrected chi connectivity index (χ4v) is 2.18. The zero-order valence-corrected chi connectivity index (χ0v) is 17.3. The minimum Gasteiger partial charge on any atom is -0.454 e. The van der Waals surface area contributed by atoms with E-state index in [1.165, 1.54) is 6.07 Å². The van der Waals surface area contributed by atoms with Crippen LogP contribution in [0.3, 0.4) is 0 Å². The Kier molecular flexibility index (Phi) is 10.6. The Morgan fingerprint density at radius 3 is 2.42 bits per heavy atom. The molecular formula is C19H25FIN3O2. The van der Waals surface area contributed by atoms with Gasteiger partial charge in [-0.2, -0.15) is 0 Å². The number of para-hydroxylation sites is 2. The summed E-state index contributed by atoms with van der Waals surface area (Å²) in [6, 6.07) is 13.9. The standard InChI is InChI=1S/C19H24FN3O2.HI/c1-3-24-13-12-22-19(21-2)23-14-15-8-4-6-10-17(15)25-18-11-7-5-9-16(18)20;/h4-11H,3,12-14H2,1-2H3,(H2,21,22,23);1H. The number of nitrogens with one attached hydrogen (secondary N) is 2. The van der Waals surface area contributed by atoms with E-state index in [0.717, 1.165) is 5.56 Å². The summed E-state index contributed by atoms with van der Waals surface area (Å²) in [4.78, 5) is 4.17. The van der Waals surface area contributed by atoms with Crippen molar-refractivity contribution >= 4 is 29.9 Å². The molecule has 0 saturated carbocycles. The molecule has 0 bridgehead atoms. The zero-order valence-electron chi connectivity index (χ0n) is 15.0. The Morgan fingerprint density at radius 1 is 1.04 bits per heavy atom. The van der Waals surface area contributed by atoms with Crippen molar-refractivity contribution < 1.29 is 13.9 Å². The highest BCUT2D eigenvalue weighted by atomic mass is 127. The van der Waals surface area contributed by atoms with Crippen LogP contribution in [0.4, 0.5) is 4.39 Å². The molecule has 0 heterocycles. The van der Waals surface area contributed by atoms with E-state index >= 15 is 0 Å². The van der Waals surface area contributed by atoms with Crippen molar-refractivity contribution in [2.45, 2.75) is 13.5 Å². The summed E-state index contributed by atoms with van der Waals surface area (Å²) in [6.07, 6.45) is 0. The molecule has 0 aliphatic rings. The molecule has 0 spiro atoms. The predicted octanol–water partition coefficient (Wildman–Crippen LogP) is 3.94. The molecule has 142 valence electrons. The fourth-order valence-electron chi connectivity index (χ4n) is 2.18. The number of nitrogens with zero attached hydrogens (tertiary/aromatic N) is 1. The third kappa shape index (κ3) is 7.17. The molecule has 2 rings (SSSR count). The van der Waals surface area contributed by atoms with Gasteiger partial charge in [-0.25, -0.2) is 4.39 Å². The first-order chi connectivity index (χ1) is 12.2. The number of benzene rings is 2. The lowest BCUT2D eigenvalue weighted by molar-refractivity contribution is 0.152. The highest BCUT2D eigenvalue weighted by molar-refractivity contribution is 14.0. The molecule has 2 aromatic carbocycles. The first-order valence-corrected chi connectivity index (χ1v) is 8.27. The lowest BCUT2D eigenvalue weighted by atomic mass is 10.2. The van der Waals surface area contributed by atoms with E-state index in [9.17, 15) is 4.39 Å². The van der Waals surface area contributed by atoms with Gasteiger partial charge in [0.25, 0.3) is 0 Å². The molecule has 0 aromatic heterocycles. The summed E-state index contributed by atoms with van der Waals surface area (Å²) < 4.78 is 24.8. The normalized spacial score (nSPS) is 10.8. The summed E-state index contributed by atoms with van der Waals surface area (Å²) in [5.74, 6) is 1.08. The fraction of sp³-hybridized carbons (Fsp3) is 0.316. The minimum atomic E-state index is -0.390. The van der Waals surface area contributed by atoms with E-state index in [1.807, 2.05) is 31.2 Å². The third-order valence-corrected chi connectivity index (χ3v) is 3.44. The van der Waals surface area contributed by atoms with E-state index in [1.54, 1.807) is 25.2 Å². The van der Waals surface area contributed by atoms with Crippen molar-refractivity contribution in [3.8, 4) is 11.5 Å². The summed E-state index contributed by atoms with van der Waals surface area (Å²) in [5.41, 5.74) is 0.901. The summed E-state index contributed by atoms with van der Waals surface area (Å²) in [5, 5.41) is 6.38.